The summed E-state index contributed by atoms with van der Waals surface area (Å²) >= 11 is 1.98. The highest BCUT2D eigenvalue weighted by atomic mass is 32.2. The minimum Gasteiger partial charge on any atom is -0.373 e. The smallest absolute Gasteiger partial charge is 0.127 e. The zero-order valence-electron chi connectivity index (χ0n) is 9.00. The molecule has 3 nitrogen and oxygen atoms in total. The first-order valence-electron chi connectivity index (χ1n) is 5.09. The predicted octanol–water partition coefficient (Wildman–Crippen LogP) is 2.29. The summed E-state index contributed by atoms with van der Waals surface area (Å²) in [4.78, 5) is 0. The third-order valence-corrected chi connectivity index (χ3v) is 3.52. The molecule has 0 unspecified atom stereocenters. The Labute approximate surface area is 89.3 Å². The quantitative estimate of drug-likeness (QED) is 0.814. The van der Waals surface area contributed by atoms with Gasteiger partial charge in [-0.3, -0.25) is 0 Å². The van der Waals surface area contributed by atoms with Crippen LogP contribution in [0.2, 0.25) is 0 Å². The van der Waals surface area contributed by atoms with E-state index in [1.165, 1.54) is 22.8 Å². The van der Waals surface area contributed by atoms with Gasteiger partial charge in [-0.1, -0.05) is 0 Å². The van der Waals surface area contributed by atoms with Crippen molar-refractivity contribution < 1.29 is 0 Å². The van der Waals surface area contributed by atoms with Gasteiger partial charge in [0.25, 0.3) is 0 Å². The molecule has 0 saturated carbocycles. The van der Waals surface area contributed by atoms with Crippen LogP contribution in [0.25, 0.3) is 0 Å². The average molecular weight is 211 g/mol. The molecular weight excluding hydrogens is 194 g/mol. The lowest BCUT2D eigenvalue weighted by Gasteiger charge is -2.12. The molecule has 14 heavy (non-hydrogen) atoms. The zero-order valence-corrected chi connectivity index (χ0v) is 9.82. The zero-order chi connectivity index (χ0) is 10.1. The second-order valence-electron chi connectivity index (χ2n) is 3.86. The van der Waals surface area contributed by atoms with Gasteiger partial charge in [0.15, 0.2) is 0 Å². The fourth-order valence-electron chi connectivity index (χ4n) is 1.88. The molecule has 1 aliphatic rings. The number of thioether (sulfide) groups is 1. The number of nitrogens with zero attached hydrogens (tertiary/aromatic N) is 2. The molecule has 0 saturated heterocycles. The average Bonchev–Trinajstić information content (AvgIpc) is 2.56. The van der Waals surface area contributed by atoms with E-state index in [1.54, 1.807) is 0 Å². The summed E-state index contributed by atoms with van der Waals surface area (Å²) in [6, 6.07) is 0.438. The van der Waals surface area contributed by atoms with Crippen molar-refractivity contribution in [2.75, 3.05) is 18.1 Å². The van der Waals surface area contributed by atoms with Crippen LogP contribution in [-0.4, -0.2) is 22.6 Å². The van der Waals surface area contributed by atoms with Crippen molar-refractivity contribution in [3.8, 4) is 0 Å². The topological polar surface area (TPSA) is 29.9 Å². The normalized spacial score (nSPS) is 15.7. The van der Waals surface area contributed by atoms with Gasteiger partial charge in [-0.05, 0) is 26.0 Å². The van der Waals surface area contributed by atoms with Crippen LogP contribution >= 0.6 is 11.8 Å². The van der Waals surface area contributed by atoms with Crippen molar-refractivity contribution in [3.63, 3.8) is 0 Å². The van der Waals surface area contributed by atoms with E-state index in [2.05, 4.69) is 28.9 Å². The van der Waals surface area contributed by atoms with E-state index in [9.17, 15) is 0 Å². The van der Waals surface area contributed by atoms with Crippen molar-refractivity contribution in [1.29, 1.82) is 0 Å². The van der Waals surface area contributed by atoms with Crippen LogP contribution < -0.4 is 5.32 Å². The molecule has 0 aromatic carbocycles. The third-order valence-electron chi connectivity index (χ3n) is 2.55. The molecule has 1 aromatic heterocycles. The SMILES string of the molecule is CNc1c2c(nn1C(C)C)CSCC2. The van der Waals surface area contributed by atoms with Gasteiger partial charge in [0, 0.05) is 24.4 Å². The highest BCUT2D eigenvalue weighted by molar-refractivity contribution is 7.98. The monoisotopic (exact) mass is 211 g/mol. The van der Waals surface area contributed by atoms with E-state index >= 15 is 0 Å². The van der Waals surface area contributed by atoms with Gasteiger partial charge in [0.2, 0.25) is 0 Å². The maximum Gasteiger partial charge on any atom is 0.127 e. The van der Waals surface area contributed by atoms with Crippen molar-refractivity contribution in [3.05, 3.63) is 11.3 Å². The minimum absolute atomic E-state index is 0.438. The fraction of sp³-hybridized carbons (Fsp3) is 0.700. The summed E-state index contributed by atoms with van der Waals surface area (Å²) < 4.78 is 2.11. The standard InChI is InChI=1S/C10H17N3S/c1-7(2)13-10(11-3)8-4-5-14-6-9(8)12-13/h7,11H,4-6H2,1-3H3. The van der Waals surface area contributed by atoms with Crippen LogP contribution in [0.15, 0.2) is 0 Å². The Bertz CT molecular complexity index is 330. The van der Waals surface area contributed by atoms with Gasteiger partial charge in [0.1, 0.15) is 5.82 Å². The molecule has 0 aliphatic carbocycles. The van der Waals surface area contributed by atoms with Crippen molar-refractivity contribution in [1.82, 2.24) is 9.78 Å². The number of aromatic nitrogens is 2. The Morgan fingerprint density at radius 1 is 1.50 bits per heavy atom. The van der Waals surface area contributed by atoms with Gasteiger partial charge in [-0.2, -0.15) is 16.9 Å². The van der Waals surface area contributed by atoms with E-state index in [4.69, 9.17) is 0 Å². The van der Waals surface area contributed by atoms with E-state index in [0.717, 1.165) is 12.2 Å². The molecule has 2 rings (SSSR count). The Morgan fingerprint density at radius 3 is 2.93 bits per heavy atom. The molecule has 0 amide bonds. The van der Waals surface area contributed by atoms with Crippen molar-refractivity contribution in [2.45, 2.75) is 32.1 Å². The molecule has 1 aliphatic heterocycles. The first kappa shape index (κ1) is 9.90. The molecule has 78 valence electrons. The highest BCUT2D eigenvalue weighted by Crippen LogP contribution is 2.31. The largest absolute Gasteiger partial charge is 0.373 e. The Morgan fingerprint density at radius 2 is 2.29 bits per heavy atom. The first-order chi connectivity index (χ1) is 6.74. The predicted molar refractivity (Wildman–Crippen MR) is 62.0 cm³/mol. The maximum atomic E-state index is 4.65. The molecule has 4 heteroatoms. The van der Waals surface area contributed by atoms with Crippen molar-refractivity contribution >= 4 is 17.6 Å². The summed E-state index contributed by atoms with van der Waals surface area (Å²) in [5, 5.41) is 7.93. The third kappa shape index (κ3) is 1.52. The van der Waals surface area contributed by atoms with Crippen LogP contribution in [0.5, 0.6) is 0 Å². The fourth-order valence-corrected chi connectivity index (χ4v) is 2.79. The maximum absolute atomic E-state index is 4.65. The lowest BCUT2D eigenvalue weighted by Crippen LogP contribution is -2.08. The molecule has 0 bridgehead atoms. The summed E-state index contributed by atoms with van der Waals surface area (Å²) in [5.74, 6) is 3.52. The van der Waals surface area contributed by atoms with Crippen LogP contribution in [-0.2, 0) is 12.2 Å². The van der Waals surface area contributed by atoms with Gasteiger partial charge >= 0.3 is 0 Å². The Balaban J connectivity index is 2.46. The summed E-state index contributed by atoms with van der Waals surface area (Å²) in [6.45, 7) is 4.35. The van der Waals surface area contributed by atoms with Gasteiger partial charge in [0.05, 0.1) is 5.69 Å². The minimum atomic E-state index is 0.438. The summed E-state index contributed by atoms with van der Waals surface area (Å²) in [6.07, 6.45) is 1.16. The molecular formula is C10H17N3S. The lowest BCUT2D eigenvalue weighted by atomic mass is 10.2. The Hall–Kier alpha value is -0.640. The summed E-state index contributed by atoms with van der Waals surface area (Å²) in [5.41, 5.74) is 2.71. The molecule has 0 fully saturated rings. The van der Waals surface area contributed by atoms with E-state index in [-0.39, 0.29) is 0 Å². The number of fused-ring (bicyclic) bond motifs is 1. The second kappa shape index (κ2) is 3.85. The number of rotatable bonds is 2. The van der Waals surface area contributed by atoms with Crippen LogP contribution in [0, 0.1) is 0 Å². The lowest BCUT2D eigenvalue weighted by molar-refractivity contribution is 0.535. The van der Waals surface area contributed by atoms with E-state index in [0.29, 0.717) is 6.04 Å². The number of hydrogen-bond acceptors (Lipinski definition) is 3. The second-order valence-corrected chi connectivity index (χ2v) is 4.97. The van der Waals surface area contributed by atoms with E-state index < -0.39 is 0 Å². The molecule has 1 N–H and O–H groups in total. The van der Waals surface area contributed by atoms with Crippen LogP contribution in [0.1, 0.15) is 31.1 Å². The molecule has 0 spiro atoms. The van der Waals surface area contributed by atoms with E-state index in [1.807, 2.05) is 18.8 Å². The van der Waals surface area contributed by atoms with Gasteiger partial charge in [-0.25, -0.2) is 4.68 Å². The number of nitrogens with one attached hydrogen (secondary N) is 1. The molecule has 0 radical (unpaired) electrons. The van der Waals surface area contributed by atoms with Crippen LogP contribution in [0.3, 0.4) is 0 Å². The van der Waals surface area contributed by atoms with Crippen molar-refractivity contribution in [2.24, 2.45) is 0 Å². The number of anilines is 1. The number of hydrogen-bond donors (Lipinski definition) is 1. The molecule has 0 atom stereocenters. The molecule has 2 heterocycles. The van der Waals surface area contributed by atoms with Gasteiger partial charge in [-0.15, -0.1) is 0 Å². The summed E-state index contributed by atoms with van der Waals surface area (Å²) in [7, 11) is 1.98. The Kier molecular flexibility index (Phi) is 2.72. The highest BCUT2D eigenvalue weighted by Gasteiger charge is 2.20. The molecule has 1 aromatic rings. The first-order valence-corrected chi connectivity index (χ1v) is 6.25. The van der Waals surface area contributed by atoms with Gasteiger partial charge < -0.3 is 5.32 Å². The van der Waals surface area contributed by atoms with Crippen LogP contribution in [0.4, 0.5) is 5.82 Å².